The summed E-state index contributed by atoms with van der Waals surface area (Å²) in [5.74, 6) is -0.697. The lowest BCUT2D eigenvalue weighted by atomic mass is 9.84. The van der Waals surface area contributed by atoms with Crippen molar-refractivity contribution in [2.75, 3.05) is 25.2 Å². The summed E-state index contributed by atoms with van der Waals surface area (Å²) in [4.78, 5) is 41.7. The third-order valence-corrected chi connectivity index (χ3v) is 13.3. The number of nitrogens with zero attached hydrogens (tertiary/aromatic N) is 1. The van der Waals surface area contributed by atoms with Crippen molar-refractivity contribution in [3.63, 3.8) is 0 Å². The minimum absolute atomic E-state index is 0.0700. The van der Waals surface area contributed by atoms with E-state index < -0.39 is 39.7 Å². The summed E-state index contributed by atoms with van der Waals surface area (Å²) >= 11 is 2.90. The van der Waals surface area contributed by atoms with Crippen LogP contribution in [0.4, 0.5) is 4.79 Å². The Bertz CT molecular complexity index is 2040. The first-order valence-corrected chi connectivity index (χ1v) is 19.8. The fourth-order valence-electron chi connectivity index (χ4n) is 7.66. The number of aliphatic carboxylic acids is 1. The number of rotatable bonds is 12. The number of amides is 2. The quantitative estimate of drug-likeness (QED) is 0.122. The standard InChI is InChI=1S/C44H42N2O6S2/c1-43(2)46(39(28-53-43)41(48)49)40(47)38(45-42(50)52-26-37-35-20-12-10-18-33(35)34-19-11-13-21-36(34)37)27-54-44(29-14-6-4-7-15-29,30-16-8-5-9-17-30)31-22-24-32(51-3)25-23-31/h4-25,37-39H,26-28H2,1-3H3,(H,45,50)(H,48,49)/t38-,39-/m0/s1. The molecule has 1 heterocycles. The molecule has 0 aromatic heterocycles. The molecule has 0 spiro atoms. The Morgan fingerprint density at radius 1 is 0.815 bits per heavy atom. The third-order valence-electron chi connectivity index (χ3n) is 10.3. The first kappa shape index (κ1) is 37.1. The number of thioether (sulfide) groups is 2. The third kappa shape index (κ3) is 7.08. The van der Waals surface area contributed by atoms with Crippen LogP contribution < -0.4 is 10.1 Å². The molecule has 8 nitrogen and oxygen atoms in total. The van der Waals surface area contributed by atoms with E-state index in [-0.39, 0.29) is 24.0 Å². The molecule has 1 saturated heterocycles. The normalized spacial score (nSPS) is 16.6. The summed E-state index contributed by atoms with van der Waals surface area (Å²) in [6.45, 7) is 3.75. The fourth-order valence-corrected chi connectivity index (χ4v) is 10.4. The molecule has 2 N–H and O–H groups in total. The van der Waals surface area contributed by atoms with Crippen LogP contribution in [0.5, 0.6) is 5.75 Å². The van der Waals surface area contributed by atoms with Gasteiger partial charge in [0.2, 0.25) is 5.91 Å². The molecular formula is C44H42N2O6S2. The Morgan fingerprint density at radius 3 is 1.87 bits per heavy atom. The van der Waals surface area contributed by atoms with E-state index in [0.29, 0.717) is 5.75 Å². The number of nitrogens with one attached hydrogen (secondary N) is 1. The second-order valence-corrected chi connectivity index (χ2v) is 16.7. The van der Waals surface area contributed by atoms with Crippen LogP contribution >= 0.6 is 23.5 Å². The lowest BCUT2D eigenvalue weighted by molar-refractivity contribution is -0.151. The molecule has 0 radical (unpaired) electrons. The van der Waals surface area contributed by atoms with Gasteiger partial charge in [0.05, 0.1) is 16.7 Å². The molecule has 1 fully saturated rings. The number of carboxylic acids is 1. The number of hydrogen-bond donors (Lipinski definition) is 2. The monoisotopic (exact) mass is 758 g/mol. The highest BCUT2D eigenvalue weighted by Gasteiger charge is 2.49. The van der Waals surface area contributed by atoms with Crippen molar-refractivity contribution >= 4 is 41.5 Å². The van der Waals surface area contributed by atoms with Gasteiger partial charge in [-0.25, -0.2) is 9.59 Å². The van der Waals surface area contributed by atoms with E-state index >= 15 is 0 Å². The Morgan fingerprint density at radius 2 is 1.33 bits per heavy atom. The van der Waals surface area contributed by atoms with E-state index in [1.165, 1.54) is 28.4 Å². The van der Waals surface area contributed by atoms with E-state index in [1.807, 2.05) is 98.8 Å². The smallest absolute Gasteiger partial charge is 0.407 e. The second kappa shape index (κ2) is 15.7. The molecule has 0 saturated carbocycles. The highest BCUT2D eigenvalue weighted by atomic mass is 32.2. The van der Waals surface area contributed by atoms with Crippen LogP contribution in [0, 0.1) is 0 Å². The van der Waals surface area contributed by atoms with Gasteiger partial charge in [0, 0.05) is 17.4 Å². The summed E-state index contributed by atoms with van der Waals surface area (Å²) in [6.07, 6.45) is -0.748. The van der Waals surface area contributed by atoms with Crippen LogP contribution in [0.25, 0.3) is 11.1 Å². The van der Waals surface area contributed by atoms with E-state index in [0.717, 1.165) is 38.9 Å². The Hall–Kier alpha value is -5.19. The molecule has 5 aromatic carbocycles. The van der Waals surface area contributed by atoms with Gasteiger partial charge in [0.15, 0.2) is 0 Å². The van der Waals surface area contributed by atoms with Crippen molar-refractivity contribution in [1.29, 1.82) is 0 Å². The van der Waals surface area contributed by atoms with Gasteiger partial charge in [-0.3, -0.25) is 4.79 Å². The Kier molecular flexibility index (Phi) is 10.8. The topological polar surface area (TPSA) is 105 Å². The van der Waals surface area contributed by atoms with Crippen LogP contribution in [-0.2, 0) is 19.1 Å². The van der Waals surface area contributed by atoms with E-state index in [1.54, 1.807) is 7.11 Å². The minimum Gasteiger partial charge on any atom is -0.497 e. The van der Waals surface area contributed by atoms with Crippen LogP contribution in [0.15, 0.2) is 133 Å². The van der Waals surface area contributed by atoms with Crippen LogP contribution in [-0.4, -0.2) is 70.2 Å². The summed E-state index contributed by atoms with van der Waals surface area (Å²) in [6, 6.07) is 42.0. The van der Waals surface area contributed by atoms with E-state index in [2.05, 4.69) is 53.8 Å². The van der Waals surface area contributed by atoms with Gasteiger partial charge >= 0.3 is 12.1 Å². The summed E-state index contributed by atoms with van der Waals surface area (Å²) in [5.41, 5.74) is 7.25. The van der Waals surface area contributed by atoms with E-state index in [9.17, 15) is 19.5 Å². The van der Waals surface area contributed by atoms with Crippen molar-refractivity contribution in [2.24, 2.45) is 0 Å². The molecule has 276 valence electrons. The zero-order valence-electron chi connectivity index (χ0n) is 30.3. The lowest BCUT2D eigenvalue weighted by Gasteiger charge is -2.39. The molecule has 2 amide bonds. The highest BCUT2D eigenvalue weighted by molar-refractivity contribution is 8.01. The van der Waals surface area contributed by atoms with Crippen molar-refractivity contribution in [2.45, 2.75) is 41.5 Å². The molecule has 0 bridgehead atoms. The summed E-state index contributed by atoms with van der Waals surface area (Å²) in [5, 5.41) is 13.1. The fraction of sp³-hybridized carbons (Fsp3) is 0.250. The Balaban J connectivity index is 1.24. The maximum absolute atomic E-state index is 14.8. The number of hydrogen-bond acceptors (Lipinski definition) is 7. The van der Waals surface area contributed by atoms with Gasteiger partial charge < -0.3 is 24.8 Å². The van der Waals surface area contributed by atoms with Crippen LogP contribution in [0.2, 0.25) is 0 Å². The molecule has 2 atom stereocenters. The maximum atomic E-state index is 14.8. The number of ether oxygens (including phenoxy) is 2. The molecule has 54 heavy (non-hydrogen) atoms. The van der Waals surface area contributed by atoms with Crippen LogP contribution in [0.1, 0.15) is 47.6 Å². The molecule has 1 aliphatic carbocycles. The van der Waals surface area contributed by atoms with Crippen molar-refractivity contribution in [3.8, 4) is 16.9 Å². The molecule has 10 heteroatoms. The molecular weight excluding hydrogens is 717 g/mol. The number of carboxylic acid groups (broad SMARTS) is 1. The number of alkyl carbamates (subject to hydrolysis) is 1. The lowest BCUT2D eigenvalue weighted by Crippen LogP contribution is -2.58. The average Bonchev–Trinajstić information content (AvgIpc) is 3.70. The predicted molar refractivity (Wildman–Crippen MR) is 215 cm³/mol. The van der Waals surface area contributed by atoms with Gasteiger partial charge in [-0.1, -0.05) is 121 Å². The number of fused-ring (bicyclic) bond motifs is 3. The molecule has 2 aliphatic rings. The zero-order valence-corrected chi connectivity index (χ0v) is 31.9. The number of carbonyl (C=O) groups is 3. The number of carbonyl (C=O) groups excluding carboxylic acids is 2. The highest BCUT2D eigenvalue weighted by Crippen LogP contribution is 2.50. The van der Waals surface area contributed by atoms with Gasteiger partial charge in [-0.2, -0.15) is 0 Å². The number of methoxy groups -OCH3 is 1. The zero-order chi connectivity index (χ0) is 37.9. The predicted octanol–water partition coefficient (Wildman–Crippen LogP) is 8.39. The molecule has 0 unspecified atom stereocenters. The van der Waals surface area contributed by atoms with Crippen molar-refractivity contribution in [1.82, 2.24) is 10.2 Å². The maximum Gasteiger partial charge on any atom is 0.407 e. The summed E-state index contributed by atoms with van der Waals surface area (Å²) < 4.78 is 10.6. The molecule has 5 aromatic rings. The van der Waals surface area contributed by atoms with Gasteiger partial charge in [-0.05, 0) is 64.9 Å². The minimum atomic E-state index is -1.13. The van der Waals surface area contributed by atoms with Crippen molar-refractivity contribution in [3.05, 3.63) is 161 Å². The SMILES string of the molecule is COc1ccc(C(SC[C@H](NC(=O)OCC2c3ccccc3-c3ccccc32)C(=O)N2[C@H](C(=O)O)CSC2(C)C)(c2ccccc2)c2ccccc2)cc1. The largest absolute Gasteiger partial charge is 0.497 e. The second-order valence-electron chi connectivity index (χ2n) is 13.8. The van der Waals surface area contributed by atoms with Gasteiger partial charge in [0.1, 0.15) is 24.4 Å². The van der Waals surface area contributed by atoms with Gasteiger partial charge in [-0.15, -0.1) is 23.5 Å². The first-order valence-electron chi connectivity index (χ1n) is 17.8. The molecule has 7 rings (SSSR count). The first-order chi connectivity index (χ1) is 26.1. The average molecular weight is 759 g/mol. The van der Waals surface area contributed by atoms with Gasteiger partial charge in [0.25, 0.3) is 0 Å². The summed E-state index contributed by atoms with van der Waals surface area (Å²) in [7, 11) is 1.62. The van der Waals surface area contributed by atoms with Crippen molar-refractivity contribution < 1.29 is 29.0 Å². The number of benzene rings is 5. The van der Waals surface area contributed by atoms with E-state index in [4.69, 9.17) is 9.47 Å². The molecule has 1 aliphatic heterocycles. The van der Waals surface area contributed by atoms with Crippen LogP contribution in [0.3, 0.4) is 0 Å². The Labute approximate surface area is 324 Å².